The zero-order chi connectivity index (χ0) is 68.3. The minimum Gasteiger partial charge on any atom is -0.311 e. The van der Waals surface area contributed by atoms with E-state index in [1.54, 1.807) is 4.57 Å². The van der Waals surface area contributed by atoms with Crippen molar-refractivity contribution in [3.05, 3.63) is 334 Å². The zero-order valence-corrected chi connectivity index (χ0v) is 51.9. The first-order chi connectivity index (χ1) is 48.3. The lowest BCUT2D eigenvalue weighted by Gasteiger charge is -2.47. The van der Waals surface area contributed by atoms with Gasteiger partial charge in [-0.3, -0.25) is 0 Å². The Morgan fingerprint density at radius 2 is 0.674 bits per heavy atom. The summed E-state index contributed by atoms with van der Waals surface area (Å²) in [5, 5.41) is 0.0636. The van der Waals surface area contributed by atoms with Gasteiger partial charge in [-0.05, 0) is 171 Å². The first kappa shape index (κ1) is 44.7. The molecule has 0 fully saturated rings. The molecule has 1 aromatic heterocycles. The number of fused-ring (bicyclic) bond motifs is 27. The Hall–Kier alpha value is -10.7. The van der Waals surface area contributed by atoms with Gasteiger partial charge in [-0.15, -0.1) is 0 Å². The molecule has 0 unspecified atom stereocenters. The summed E-state index contributed by atoms with van der Waals surface area (Å²) in [5.41, 5.74) is 29.0. The Kier molecular flexibility index (Phi) is 8.77. The van der Waals surface area contributed by atoms with Crippen LogP contribution in [0.25, 0.3) is 72.0 Å². The van der Waals surface area contributed by atoms with E-state index in [1.807, 2.05) is 6.07 Å². The molecule has 20 rings (SSSR count). The Bertz CT molecular complexity index is 5900. The predicted octanol–water partition coefficient (Wildman–Crippen LogP) is 20.1. The summed E-state index contributed by atoms with van der Waals surface area (Å²) in [5.74, 6) is 0. The smallest absolute Gasteiger partial charge is 0.252 e. The molecule has 92 heavy (non-hydrogen) atoms. The second-order valence-electron chi connectivity index (χ2n) is 28.0. The molecule has 3 nitrogen and oxygen atoms in total. The van der Waals surface area contributed by atoms with Crippen molar-refractivity contribution < 1.29 is 11.0 Å². The lowest BCUT2D eigenvalue weighted by molar-refractivity contribution is 0.590. The minimum absolute atomic E-state index is 0.0318. The molecule has 0 saturated carbocycles. The highest BCUT2D eigenvalue weighted by molar-refractivity contribution is 7.00. The van der Waals surface area contributed by atoms with Gasteiger partial charge >= 0.3 is 0 Å². The van der Waals surface area contributed by atoms with E-state index in [0.29, 0.717) is 5.69 Å². The third-order valence-electron chi connectivity index (χ3n) is 21.5. The fourth-order valence-corrected chi connectivity index (χ4v) is 17.9. The summed E-state index contributed by atoms with van der Waals surface area (Å²) in [6.45, 7) is 13.4. The van der Waals surface area contributed by atoms with Crippen molar-refractivity contribution in [1.82, 2.24) is 4.57 Å². The lowest BCUT2D eigenvalue weighted by Crippen LogP contribution is -2.61. The number of hydrogen-bond acceptors (Lipinski definition) is 2. The van der Waals surface area contributed by atoms with Gasteiger partial charge in [-0.2, -0.15) is 0 Å². The molecule has 4 aliphatic carbocycles. The first-order valence-corrected chi connectivity index (χ1v) is 32.2. The standard InChI is InChI=1S/C88H64BN3/c1-85(2,3)53-45-47-72-78(49-53)91(76-43-23-33-64-60-29-11-19-39-70(60)87(82(64)76)66-35-15-7-25-56(66)57-26-8-16-36-67(57)87)80-50-54(86(4,5)6)51-81-84(80)89(72)73-48-46-55(90-74-41-21-13-31-62(74)63-32-14-22-42-75(63)90)52-79(73)92(81)77-44-24-34-65-61-30-12-20-40-71(61)88(83(65)77)68-37-17-9-27-58(68)59-28-10-18-38-69(59)88/h7-52H,1-6H3/i13D,14D,21D,22D,31D,32D,41D,42D. The topological polar surface area (TPSA) is 11.4 Å². The van der Waals surface area contributed by atoms with Crippen LogP contribution in [0.5, 0.6) is 0 Å². The van der Waals surface area contributed by atoms with Crippen LogP contribution in [-0.2, 0) is 21.7 Å². The normalized spacial score (nSPS) is 16.2. The molecule has 0 N–H and O–H groups in total. The van der Waals surface area contributed by atoms with Crippen LogP contribution in [-0.4, -0.2) is 11.3 Å². The van der Waals surface area contributed by atoms with Crippen molar-refractivity contribution in [3.63, 3.8) is 0 Å². The number of rotatable bonds is 3. The van der Waals surface area contributed by atoms with Crippen LogP contribution in [0.3, 0.4) is 0 Å². The fourth-order valence-electron chi connectivity index (χ4n) is 17.9. The van der Waals surface area contributed by atoms with Gasteiger partial charge in [0, 0.05) is 50.3 Å². The maximum absolute atomic E-state index is 9.79. The van der Waals surface area contributed by atoms with Gasteiger partial charge < -0.3 is 14.4 Å². The summed E-state index contributed by atoms with van der Waals surface area (Å²) in [4.78, 5) is 5.14. The minimum atomic E-state index is -0.811. The Labute approximate surface area is 549 Å². The van der Waals surface area contributed by atoms with E-state index < -0.39 is 47.1 Å². The fraction of sp³-hybridized carbons (Fsp3) is 0.114. The van der Waals surface area contributed by atoms with E-state index >= 15 is 0 Å². The van der Waals surface area contributed by atoms with Gasteiger partial charge in [-0.25, -0.2) is 0 Å². The molecule has 2 aliphatic heterocycles. The molecular formula is C88H64BN3. The zero-order valence-electron chi connectivity index (χ0n) is 59.9. The van der Waals surface area contributed by atoms with E-state index in [4.69, 9.17) is 2.74 Å². The van der Waals surface area contributed by atoms with E-state index in [0.717, 1.165) is 72.8 Å². The summed E-state index contributed by atoms with van der Waals surface area (Å²) in [6, 6.07) is 82.6. The average molecular weight is 1180 g/mol. The molecule has 0 amide bonds. The van der Waals surface area contributed by atoms with Crippen molar-refractivity contribution in [3.8, 4) is 50.2 Å². The molecular weight excluding hydrogens is 1110 g/mol. The largest absolute Gasteiger partial charge is 0.311 e. The molecule has 0 saturated heterocycles. The quantitative estimate of drug-likeness (QED) is 0.163. The lowest BCUT2D eigenvalue weighted by atomic mass is 9.33. The van der Waals surface area contributed by atoms with Crippen LogP contribution in [0, 0.1) is 0 Å². The average Bonchev–Trinajstić information content (AvgIpc) is 1.43. The van der Waals surface area contributed by atoms with Crippen molar-refractivity contribution in [2.45, 2.75) is 63.2 Å². The van der Waals surface area contributed by atoms with Crippen molar-refractivity contribution in [2.24, 2.45) is 0 Å². The maximum atomic E-state index is 9.79. The molecule has 6 aliphatic rings. The second-order valence-corrected chi connectivity index (χ2v) is 28.0. The van der Waals surface area contributed by atoms with Crippen molar-refractivity contribution in [2.75, 3.05) is 9.80 Å². The SMILES string of the molecule is [2H]c1c([2H])c([2H])c2c(c1[2H])c1c([2H])c([2H])c([2H])c([2H])c1n2-c1ccc2c(c1)N(c1cccc3c1C1(c4ccccc4-c4ccccc41)c1ccccc1-3)c1cc(C(C)(C)C)cc3c1B2c1ccc(C(C)(C)C)cc1N3c1cccc2c1C1(c3ccccc3-c3ccccc31)c1ccccc1-2. The monoisotopic (exact) mass is 1180 g/mol. The molecule has 434 valence electrons. The Morgan fingerprint density at radius 3 is 1.09 bits per heavy atom. The molecule has 3 heterocycles. The van der Waals surface area contributed by atoms with Crippen LogP contribution in [0.15, 0.2) is 279 Å². The van der Waals surface area contributed by atoms with Gasteiger partial charge in [0.2, 0.25) is 0 Å². The molecule has 0 radical (unpaired) electrons. The molecule has 4 heteroatoms. The van der Waals surface area contributed by atoms with Crippen molar-refractivity contribution in [1.29, 1.82) is 0 Å². The number of para-hydroxylation sites is 2. The van der Waals surface area contributed by atoms with E-state index in [-0.39, 0.29) is 51.4 Å². The van der Waals surface area contributed by atoms with E-state index in [2.05, 4.69) is 276 Å². The van der Waals surface area contributed by atoms with Gasteiger partial charge in [0.15, 0.2) is 0 Å². The number of benzene rings is 13. The van der Waals surface area contributed by atoms with Crippen LogP contribution in [0.2, 0.25) is 0 Å². The first-order valence-electron chi connectivity index (χ1n) is 36.2. The van der Waals surface area contributed by atoms with E-state index in [9.17, 15) is 8.22 Å². The number of nitrogens with zero attached hydrogens (tertiary/aromatic N) is 3. The summed E-state index contributed by atoms with van der Waals surface area (Å²) in [7, 11) is 0. The van der Waals surface area contributed by atoms with Crippen LogP contribution in [0.4, 0.5) is 34.1 Å². The molecule has 14 aromatic rings. The highest BCUT2D eigenvalue weighted by Gasteiger charge is 2.57. The summed E-state index contributed by atoms with van der Waals surface area (Å²) in [6.07, 6.45) is 0. The van der Waals surface area contributed by atoms with Gasteiger partial charge in [-0.1, -0.05) is 266 Å². The van der Waals surface area contributed by atoms with Gasteiger partial charge in [0.1, 0.15) is 0 Å². The summed E-state index contributed by atoms with van der Waals surface area (Å²) < 4.78 is 76.8. The predicted molar refractivity (Wildman–Crippen MR) is 385 cm³/mol. The number of anilines is 6. The van der Waals surface area contributed by atoms with Gasteiger partial charge in [0.05, 0.1) is 44.2 Å². The number of hydrogen-bond donors (Lipinski definition) is 0. The molecule has 13 aromatic carbocycles. The molecule has 2 spiro atoms. The second kappa shape index (κ2) is 18.1. The number of aromatic nitrogens is 1. The molecule has 0 bridgehead atoms. The Morgan fingerprint density at radius 1 is 0.326 bits per heavy atom. The third kappa shape index (κ3) is 6.42. The van der Waals surface area contributed by atoms with Crippen LogP contribution < -0.4 is 26.2 Å². The summed E-state index contributed by atoms with van der Waals surface area (Å²) >= 11 is 0. The van der Waals surface area contributed by atoms with Crippen molar-refractivity contribution >= 4 is 79.0 Å². The van der Waals surface area contributed by atoms with Crippen LogP contribution in [0.1, 0.15) is 108 Å². The Balaban J connectivity index is 0.958. The van der Waals surface area contributed by atoms with Crippen LogP contribution >= 0.6 is 0 Å². The third-order valence-corrected chi connectivity index (χ3v) is 21.5. The molecule has 0 atom stereocenters. The maximum Gasteiger partial charge on any atom is 0.252 e. The van der Waals surface area contributed by atoms with Gasteiger partial charge in [0.25, 0.3) is 6.71 Å². The highest BCUT2D eigenvalue weighted by Crippen LogP contribution is 2.68. The van der Waals surface area contributed by atoms with E-state index in [1.165, 1.54) is 77.9 Å². The highest BCUT2D eigenvalue weighted by atomic mass is 15.2.